The van der Waals surface area contributed by atoms with Crippen molar-refractivity contribution in [3.63, 3.8) is 0 Å². The number of hydrogen-bond acceptors (Lipinski definition) is 4. The third kappa shape index (κ3) is 2.63. The number of nitrogens with zero attached hydrogens (tertiary/aromatic N) is 5. The van der Waals surface area contributed by atoms with Crippen molar-refractivity contribution in [1.29, 1.82) is 0 Å². The molecule has 1 aliphatic heterocycles. The van der Waals surface area contributed by atoms with Gasteiger partial charge < -0.3 is 9.88 Å². The largest absolute Gasteiger partial charge is 0.330 e. The number of imidazole rings is 1. The van der Waals surface area contributed by atoms with E-state index in [1.165, 1.54) is 4.40 Å². The maximum absolute atomic E-state index is 13.1. The number of carbonyl (C=O) groups excluding carboxylic acids is 1. The molecule has 1 unspecified atom stereocenters. The molecular formula is C17H20N6O2. The van der Waals surface area contributed by atoms with Crippen LogP contribution < -0.4 is 5.56 Å². The number of H-pyrrole nitrogens is 1. The molecule has 0 bridgehead atoms. The zero-order valence-electron chi connectivity index (χ0n) is 14.3. The molecule has 8 nitrogen and oxygen atoms in total. The van der Waals surface area contributed by atoms with Crippen LogP contribution in [0, 0.1) is 6.92 Å². The number of nitrogens with one attached hydrogen (secondary N) is 1. The molecule has 0 aromatic carbocycles. The summed E-state index contributed by atoms with van der Waals surface area (Å²) in [6.07, 6.45) is 7.75. The molecule has 0 saturated carbocycles. The first-order valence-electron chi connectivity index (χ1n) is 8.42. The Morgan fingerprint density at radius 1 is 1.36 bits per heavy atom. The van der Waals surface area contributed by atoms with E-state index < -0.39 is 0 Å². The fourth-order valence-electron chi connectivity index (χ4n) is 3.58. The van der Waals surface area contributed by atoms with Gasteiger partial charge in [-0.2, -0.15) is 5.10 Å². The quantitative estimate of drug-likeness (QED) is 0.764. The summed E-state index contributed by atoms with van der Waals surface area (Å²) >= 11 is 0. The molecule has 1 fully saturated rings. The molecule has 4 rings (SSSR count). The summed E-state index contributed by atoms with van der Waals surface area (Å²) in [4.78, 5) is 34.6. The highest BCUT2D eigenvalue weighted by Crippen LogP contribution is 2.31. The average molecular weight is 340 g/mol. The van der Waals surface area contributed by atoms with Gasteiger partial charge in [-0.05, 0) is 26.2 Å². The first-order chi connectivity index (χ1) is 12.0. The summed E-state index contributed by atoms with van der Waals surface area (Å²) in [5.74, 6) is 0.456. The maximum atomic E-state index is 13.1. The number of rotatable bonds is 2. The van der Waals surface area contributed by atoms with Crippen molar-refractivity contribution < 1.29 is 4.79 Å². The van der Waals surface area contributed by atoms with Gasteiger partial charge in [0.15, 0.2) is 0 Å². The standard InChI is InChI=1S/C17H20N6O2/c1-11-12(10-21(2)20-11)16(25)22-7-4-3-5-14(22)13-9-15(24)23-8-6-18-17(23)19-13/h6,8-10,14H,3-5,7H2,1-2H3,(H,18,19). The normalized spacial score (nSPS) is 18.0. The summed E-state index contributed by atoms with van der Waals surface area (Å²) in [6.45, 7) is 2.50. The van der Waals surface area contributed by atoms with Crippen molar-refractivity contribution in [1.82, 2.24) is 29.0 Å². The predicted molar refractivity (Wildman–Crippen MR) is 91.4 cm³/mol. The van der Waals surface area contributed by atoms with Crippen molar-refractivity contribution in [2.45, 2.75) is 32.2 Å². The van der Waals surface area contributed by atoms with Crippen LogP contribution >= 0.6 is 0 Å². The summed E-state index contributed by atoms with van der Waals surface area (Å²) in [5, 5.41) is 4.27. The van der Waals surface area contributed by atoms with E-state index in [0.29, 0.717) is 23.6 Å². The molecule has 1 N–H and O–H groups in total. The smallest absolute Gasteiger partial charge is 0.259 e. The molecule has 25 heavy (non-hydrogen) atoms. The summed E-state index contributed by atoms with van der Waals surface area (Å²) in [5.41, 5.74) is 1.92. The highest BCUT2D eigenvalue weighted by molar-refractivity contribution is 5.95. The minimum Gasteiger partial charge on any atom is -0.330 e. The Hall–Kier alpha value is -2.90. The molecule has 1 aliphatic rings. The molecule has 0 radical (unpaired) electrons. The minimum atomic E-state index is -0.157. The molecule has 3 aromatic heterocycles. The minimum absolute atomic E-state index is 0.0423. The number of aromatic nitrogens is 5. The first kappa shape index (κ1) is 15.6. The van der Waals surface area contributed by atoms with Gasteiger partial charge in [0.05, 0.1) is 17.3 Å². The van der Waals surface area contributed by atoms with Crippen LogP contribution in [0.2, 0.25) is 0 Å². The molecule has 1 amide bonds. The van der Waals surface area contributed by atoms with E-state index in [4.69, 9.17) is 0 Å². The lowest BCUT2D eigenvalue weighted by Crippen LogP contribution is -2.39. The maximum Gasteiger partial charge on any atom is 0.259 e. The molecule has 1 saturated heterocycles. The number of aryl methyl sites for hydroxylation is 2. The van der Waals surface area contributed by atoms with E-state index in [1.54, 1.807) is 36.4 Å². The Kier molecular flexibility index (Phi) is 3.67. The van der Waals surface area contributed by atoms with Crippen molar-refractivity contribution in [2.24, 2.45) is 7.05 Å². The third-order valence-electron chi connectivity index (χ3n) is 4.78. The zero-order chi connectivity index (χ0) is 17.6. The van der Waals surface area contributed by atoms with E-state index in [1.807, 2.05) is 11.8 Å². The summed E-state index contributed by atoms with van der Waals surface area (Å²) < 4.78 is 3.11. The van der Waals surface area contributed by atoms with Crippen LogP contribution in [0.3, 0.4) is 0 Å². The second-order valence-electron chi connectivity index (χ2n) is 6.50. The van der Waals surface area contributed by atoms with Crippen molar-refractivity contribution >= 4 is 11.7 Å². The number of piperidine rings is 1. The predicted octanol–water partition coefficient (Wildman–Crippen LogP) is 1.43. The second-order valence-corrected chi connectivity index (χ2v) is 6.50. The summed E-state index contributed by atoms with van der Waals surface area (Å²) in [7, 11) is 1.81. The highest BCUT2D eigenvalue weighted by Gasteiger charge is 2.31. The molecule has 4 heterocycles. The Morgan fingerprint density at radius 2 is 2.20 bits per heavy atom. The zero-order valence-corrected chi connectivity index (χ0v) is 14.3. The van der Waals surface area contributed by atoms with E-state index in [9.17, 15) is 9.59 Å². The van der Waals surface area contributed by atoms with Gasteiger partial charge in [-0.25, -0.2) is 4.98 Å². The molecule has 0 spiro atoms. The summed E-state index contributed by atoms with van der Waals surface area (Å²) in [6, 6.07) is 1.41. The SMILES string of the molecule is Cc1nn(C)cc1C(=O)N1CCCCC1c1cc(=O)n2ccnc2[nH]1. The van der Waals surface area contributed by atoms with Gasteiger partial charge in [0.1, 0.15) is 0 Å². The number of aromatic amines is 1. The molecule has 0 aliphatic carbocycles. The highest BCUT2D eigenvalue weighted by atomic mass is 16.2. The topological polar surface area (TPSA) is 88.3 Å². The number of fused-ring (bicyclic) bond motifs is 1. The van der Waals surface area contributed by atoms with Crippen LogP contribution in [0.5, 0.6) is 0 Å². The second kappa shape index (κ2) is 5.87. The van der Waals surface area contributed by atoms with Crippen LogP contribution in [-0.2, 0) is 7.05 Å². The van der Waals surface area contributed by atoms with E-state index in [2.05, 4.69) is 15.1 Å². The van der Waals surface area contributed by atoms with Crippen LogP contribution in [-0.4, -0.2) is 41.5 Å². The average Bonchev–Trinajstić information content (AvgIpc) is 3.20. The van der Waals surface area contributed by atoms with Crippen molar-refractivity contribution in [2.75, 3.05) is 6.54 Å². The monoisotopic (exact) mass is 340 g/mol. The van der Waals surface area contributed by atoms with E-state index in [-0.39, 0.29) is 17.5 Å². The fraction of sp³-hybridized carbons (Fsp3) is 0.412. The van der Waals surface area contributed by atoms with Gasteiger partial charge in [0, 0.05) is 43.9 Å². The van der Waals surface area contributed by atoms with Gasteiger partial charge in [0.25, 0.3) is 11.5 Å². The molecule has 3 aromatic rings. The molecule has 1 atom stereocenters. The van der Waals surface area contributed by atoms with Gasteiger partial charge in [0.2, 0.25) is 5.78 Å². The van der Waals surface area contributed by atoms with Crippen LogP contribution in [0.15, 0.2) is 29.5 Å². The van der Waals surface area contributed by atoms with Gasteiger partial charge >= 0.3 is 0 Å². The molecule has 130 valence electrons. The number of carbonyl (C=O) groups is 1. The first-order valence-corrected chi connectivity index (χ1v) is 8.42. The van der Waals surface area contributed by atoms with Crippen LogP contribution in [0.25, 0.3) is 5.78 Å². The Bertz CT molecular complexity index is 998. The lowest BCUT2D eigenvalue weighted by Gasteiger charge is -2.35. The Morgan fingerprint density at radius 3 is 2.96 bits per heavy atom. The lowest BCUT2D eigenvalue weighted by molar-refractivity contribution is 0.0605. The number of hydrogen-bond donors (Lipinski definition) is 1. The van der Waals surface area contributed by atoms with Gasteiger partial charge in [-0.15, -0.1) is 0 Å². The number of likely N-dealkylation sites (tertiary alicyclic amines) is 1. The van der Waals surface area contributed by atoms with Gasteiger partial charge in [-0.1, -0.05) is 0 Å². The fourth-order valence-corrected chi connectivity index (χ4v) is 3.58. The van der Waals surface area contributed by atoms with Crippen molar-refractivity contribution in [3.8, 4) is 0 Å². The van der Waals surface area contributed by atoms with E-state index in [0.717, 1.165) is 25.0 Å². The number of amides is 1. The lowest BCUT2D eigenvalue weighted by atomic mass is 9.98. The third-order valence-corrected chi connectivity index (χ3v) is 4.78. The van der Waals surface area contributed by atoms with Crippen LogP contribution in [0.4, 0.5) is 0 Å². The molecular weight excluding hydrogens is 320 g/mol. The van der Waals surface area contributed by atoms with Crippen molar-refractivity contribution in [3.05, 3.63) is 52.0 Å². The van der Waals surface area contributed by atoms with Gasteiger partial charge in [-0.3, -0.25) is 18.7 Å². The molecule has 8 heteroatoms. The van der Waals surface area contributed by atoms with E-state index >= 15 is 0 Å². The van der Waals surface area contributed by atoms with Crippen LogP contribution in [0.1, 0.15) is 47.1 Å². The Balaban J connectivity index is 1.74. The Labute approximate surface area is 144 Å².